The summed E-state index contributed by atoms with van der Waals surface area (Å²) < 4.78 is 0. The van der Waals surface area contributed by atoms with Crippen LogP contribution in [0.25, 0.3) is 0 Å². The van der Waals surface area contributed by atoms with Gasteiger partial charge in [0.1, 0.15) is 6.04 Å². The summed E-state index contributed by atoms with van der Waals surface area (Å²) >= 11 is 0. The minimum Gasteiger partial charge on any atom is -0.314 e. The standard InChI is InChI=1S/C21H26N4O4/c26-18-8-7-17(19(27)24-18)25-20(28)15-6-5-13(11-16(15)21(25)29)12-22-9-1-3-14-4-2-10-23-14/h5-6,11,14,17,22-23H,1-4,7-10,12H2,(H,24,26,27)/t14-,17?/m0/s1. The number of hydrogen-bond donors (Lipinski definition) is 3. The van der Waals surface area contributed by atoms with Crippen LogP contribution in [0, 0.1) is 0 Å². The minimum atomic E-state index is -0.925. The Morgan fingerprint density at radius 2 is 1.90 bits per heavy atom. The second-order valence-corrected chi connectivity index (χ2v) is 7.94. The van der Waals surface area contributed by atoms with Crippen molar-refractivity contribution in [2.24, 2.45) is 0 Å². The van der Waals surface area contributed by atoms with Crippen LogP contribution >= 0.6 is 0 Å². The van der Waals surface area contributed by atoms with E-state index in [2.05, 4.69) is 16.0 Å². The number of piperidine rings is 1. The van der Waals surface area contributed by atoms with Crippen molar-refractivity contribution in [3.05, 3.63) is 34.9 Å². The van der Waals surface area contributed by atoms with Gasteiger partial charge in [0.15, 0.2) is 0 Å². The number of nitrogens with zero attached hydrogens (tertiary/aromatic N) is 1. The predicted octanol–water partition coefficient (Wildman–Crippen LogP) is 0.710. The van der Waals surface area contributed by atoms with Crippen LogP contribution in [0.5, 0.6) is 0 Å². The normalized spacial score (nSPS) is 24.2. The molecule has 0 aromatic heterocycles. The maximum absolute atomic E-state index is 12.8. The Balaban J connectivity index is 1.35. The molecule has 154 valence electrons. The number of carbonyl (C=O) groups is 4. The molecular weight excluding hydrogens is 372 g/mol. The lowest BCUT2D eigenvalue weighted by Gasteiger charge is -2.27. The minimum absolute atomic E-state index is 0.120. The third-order valence-corrected chi connectivity index (χ3v) is 5.90. The van der Waals surface area contributed by atoms with Gasteiger partial charge in [-0.3, -0.25) is 29.4 Å². The molecule has 2 fully saturated rings. The number of amides is 4. The van der Waals surface area contributed by atoms with E-state index in [1.165, 1.54) is 12.8 Å². The Morgan fingerprint density at radius 1 is 1.07 bits per heavy atom. The summed E-state index contributed by atoms with van der Waals surface area (Å²) in [7, 11) is 0. The van der Waals surface area contributed by atoms with Gasteiger partial charge in [-0.1, -0.05) is 6.07 Å². The molecule has 3 aliphatic heterocycles. The Morgan fingerprint density at radius 3 is 2.66 bits per heavy atom. The zero-order valence-corrected chi connectivity index (χ0v) is 16.3. The van der Waals surface area contributed by atoms with Crippen LogP contribution in [-0.2, 0) is 16.1 Å². The van der Waals surface area contributed by atoms with Crippen LogP contribution in [0.4, 0.5) is 0 Å². The average molecular weight is 398 g/mol. The molecule has 8 heteroatoms. The molecule has 3 heterocycles. The van der Waals surface area contributed by atoms with Crippen molar-refractivity contribution in [3.8, 4) is 0 Å². The molecule has 29 heavy (non-hydrogen) atoms. The van der Waals surface area contributed by atoms with Gasteiger partial charge < -0.3 is 10.6 Å². The third kappa shape index (κ3) is 4.09. The van der Waals surface area contributed by atoms with Crippen LogP contribution < -0.4 is 16.0 Å². The van der Waals surface area contributed by atoms with E-state index in [0.717, 1.165) is 36.4 Å². The summed E-state index contributed by atoms with van der Waals surface area (Å²) in [6, 6.07) is 4.93. The van der Waals surface area contributed by atoms with Gasteiger partial charge in [-0.05, 0) is 62.9 Å². The number of benzene rings is 1. The lowest BCUT2D eigenvalue weighted by atomic mass is 10.0. The van der Waals surface area contributed by atoms with E-state index < -0.39 is 23.8 Å². The first-order valence-corrected chi connectivity index (χ1v) is 10.3. The van der Waals surface area contributed by atoms with Crippen molar-refractivity contribution >= 4 is 23.6 Å². The van der Waals surface area contributed by atoms with Crippen LogP contribution in [0.3, 0.4) is 0 Å². The number of fused-ring (bicyclic) bond motifs is 1. The van der Waals surface area contributed by atoms with Crippen molar-refractivity contribution in [2.45, 2.75) is 57.2 Å². The molecule has 4 amide bonds. The molecule has 0 bridgehead atoms. The van der Waals surface area contributed by atoms with E-state index in [0.29, 0.717) is 23.7 Å². The highest BCUT2D eigenvalue weighted by atomic mass is 16.2. The molecule has 2 atom stereocenters. The number of carbonyl (C=O) groups excluding carboxylic acids is 4. The van der Waals surface area contributed by atoms with E-state index >= 15 is 0 Å². The topological polar surface area (TPSA) is 108 Å². The molecule has 4 rings (SSSR count). The van der Waals surface area contributed by atoms with Gasteiger partial charge in [0.2, 0.25) is 11.8 Å². The van der Waals surface area contributed by atoms with Crippen molar-refractivity contribution < 1.29 is 19.2 Å². The summed E-state index contributed by atoms with van der Waals surface area (Å²) in [6.07, 6.45) is 5.05. The second-order valence-electron chi connectivity index (χ2n) is 7.94. The summed E-state index contributed by atoms with van der Waals surface area (Å²) in [5.74, 6) is -1.90. The van der Waals surface area contributed by atoms with Crippen LogP contribution in [0.1, 0.15) is 64.8 Å². The first-order chi connectivity index (χ1) is 14.0. The van der Waals surface area contributed by atoms with Gasteiger partial charge in [-0.25, -0.2) is 0 Å². The second kappa shape index (κ2) is 8.42. The Labute approximate surface area is 169 Å². The molecule has 1 aromatic carbocycles. The van der Waals surface area contributed by atoms with E-state index in [9.17, 15) is 19.2 Å². The fraction of sp³-hybridized carbons (Fsp3) is 0.524. The summed E-state index contributed by atoms with van der Waals surface area (Å²) in [6.45, 7) is 2.63. The molecule has 0 aliphatic carbocycles. The fourth-order valence-electron chi connectivity index (χ4n) is 4.34. The van der Waals surface area contributed by atoms with Gasteiger partial charge in [0.05, 0.1) is 11.1 Å². The zero-order valence-electron chi connectivity index (χ0n) is 16.3. The first kappa shape index (κ1) is 19.7. The predicted molar refractivity (Wildman–Crippen MR) is 105 cm³/mol. The number of imide groups is 2. The van der Waals surface area contributed by atoms with Crippen molar-refractivity contribution in [3.63, 3.8) is 0 Å². The monoisotopic (exact) mass is 398 g/mol. The first-order valence-electron chi connectivity index (χ1n) is 10.3. The van der Waals surface area contributed by atoms with Gasteiger partial charge in [-0.2, -0.15) is 0 Å². The van der Waals surface area contributed by atoms with E-state index in [4.69, 9.17) is 0 Å². The van der Waals surface area contributed by atoms with Gasteiger partial charge in [0.25, 0.3) is 11.8 Å². The van der Waals surface area contributed by atoms with E-state index in [1.54, 1.807) is 12.1 Å². The Hall–Kier alpha value is -2.58. The maximum atomic E-state index is 12.8. The molecule has 1 unspecified atom stereocenters. The van der Waals surface area contributed by atoms with Gasteiger partial charge >= 0.3 is 0 Å². The summed E-state index contributed by atoms with van der Waals surface area (Å²) in [5, 5.41) is 9.09. The number of rotatable bonds is 7. The summed E-state index contributed by atoms with van der Waals surface area (Å²) in [4.78, 5) is 50.0. The molecule has 3 aliphatic rings. The van der Waals surface area contributed by atoms with Crippen molar-refractivity contribution in [2.75, 3.05) is 13.1 Å². The third-order valence-electron chi connectivity index (χ3n) is 5.90. The Bertz CT molecular complexity index is 847. The number of nitrogens with one attached hydrogen (secondary N) is 3. The molecule has 0 saturated carbocycles. The van der Waals surface area contributed by atoms with Gasteiger partial charge in [-0.15, -0.1) is 0 Å². The van der Waals surface area contributed by atoms with Crippen molar-refractivity contribution in [1.29, 1.82) is 0 Å². The molecule has 1 aromatic rings. The fourth-order valence-corrected chi connectivity index (χ4v) is 4.34. The highest BCUT2D eigenvalue weighted by Crippen LogP contribution is 2.28. The molecule has 0 radical (unpaired) electrons. The summed E-state index contributed by atoms with van der Waals surface area (Å²) in [5.41, 5.74) is 1.57. The zero-order chi connectivity index (χ0) is 20.4. The lowest BCUT2D eigenvalue weighted by molar-refractivity contribution is -0.136. The average Bonchev–Trinajstić information content (AvgIpc) is 3.30. The molecular formula is C21H26N4O4. The highest BCUT2D eigenvalue weighted by Gasteiger charge is 2.44. The molecule has 2 saturated heterocycles. The molecule has 8 nitrogen and oxygen atoms in total. The quantitative estimate of drug-likeness (QED) is 0.461. The smallest absolute Gasteiger partial charge is 0.262 e. The van der Waals surface area contributed by atoms with E-state index in [1.807, 2.05) is 6.07 Å². The van der Waals surface area contributed by atoms with E-state index in [-0.39, 0.29) is 18.7 Å². The van der Waals surface area contributed by atoms with Gasteiger partial charge in [0, 0.05) is 19.0 Å². The Kier molecular flexibility index (Phi) is 5.73. The van der Waals surface area contributed by atoms with Crippen LogP contribution in [0.15, 0.2) is 18.2 Å². The van der Waals surface area contributed by atoms with Crippen LogP contribution in [-0.4, -0.2) is 53.7 Å². The molecule has 0 spiro atoms. The number of hydrogen-bond acceptors (Lipinski definition) is 6. The lowest BCUT2D eigenvalue weighted by Crippen LogP contribution is -2.54. The van der Waals surface area contributed by atoms with Crippen LogP contribution in [0.2, 0.25) is 0 Å². The SMILES string of the molecule is O=C1CCC(N2C(=O)c3ccc(CNCCC[C@H]4CCCN4)cc3C2=O)C(=O)N1. The molecule has 3 N–H and O–H groups in total. The maximum Gasteiger partial charge on any atom is 0.262 e. The highest BCUT2D eigenvalue weighted by molar-refractivity contribution is 6.23. The van der Waals surface area contributed by atoms with Crippen molar-refractivity contribution in [1.82, 2.24) is 20.9 Å². The largest absolute Gasteiger partial charge is 0.314 e.